The summed E-state index contributed by atoms with van der Waals surface area (Å²) in [5.41, 5.74) is 1.31. The van der Waals surface area contributed by atoms with Crippen LogP contribution in [0, 0.1) is 6.92 Å². The molecule has 2 aromatic carbocycles. The van der Waals surface area contributed by atoms with E-state index in [-0.39, 0.29) is 0 Å². The van der Waals surface area contributed by atoms with Crippen molar-refractivity contribution in [1.29, 1.82) is 0 Å². The van der Waals surface area contributed by atoms with Crippen LogP contribution in [0.15, 0.2) is 36.4 Å². The highest BCUT2D eigenvalue weighted by Gasteiger charge is 2.04. The van der Waals surface area contributed by atoms with E-state index in [4.69, 9.17) is 11.6 Å². The van der Waals surface area contributed by atoms with Crippen LogP contribution in [0.4, 0.5) is 0 Å². The molecule has 2 heteroatoms. The molecule has 0 aliphatic carbocycles. The summed E-state index contributed by atoms with van der Waals surface area (Å²) < 4.78 is 2.65. The standard InChI is InChI=1S/C13H9ClS/c1-8-2-4-10-11-7-9(14)3-5-12(11)15-13(10)6-8/h2-7H,1H3. The minimum absolute atomic E-state index is 0.808. The van der Waals surface area contributed by atoms with E-state index in [1.54, 1.807) is 0 Å². The maximum Gasteiger partial charge on any atom is 0.0413 e. The summed E-state index contributed by atoms with van der Waals surface area (Å²) in [6.07, 6.45) is 0. The summed E-state index contributed by atoms with van der Waals surface area (Å²) in [7, 11) is 0. The second kappa shape index (κ2) is 3.22. The summed E-state index contributed by atoms with van der Waals surface area (Å²) in [5, 5.41) is 3.38. The van der Waals surface area contributed by atoms with Crippen LogP contribution in [0.5, 0.6) is 0 Å². The highest BCUT2D eigenvalue weighted by atomic mass is 35.5. The molecule has 0 aliphatic rings. The predicted octanol–water partition coefficient (Wildman–Crippen LogP) is 5.02. The monoisotopic (exact) mass is 232 g/mol. The summed E-state index contributed by atoms with van der Waals surface area (Å²) >= 11 is 7.84. The third-order valence-corrected chi connectivity index (χ3v) is 3.96. The van der Waals surface area contributed by atoms with E-state index in [1.165, 1.54) is 25.7 Å². The topological polar surface area (TPSA) is 0 Å². The molecule has 0 amide bonds. The molecule has 0 saturated carbocycles. The molecule has 0 nitrogen and oxygen atoms in total. The molecule has 15 heavy (non-hydrogen) atoms. The second-order valence-electron chi connectivity index (χ2n) is 3.74. The van der Waals surface area contributed by atoms with Crippen molar-refractivity contribution in [3.63, 3.8) is 0 Å². The Morgan fingerprint density at radius 1 is 0.933 bits per heavy atom. The number of halogens is 1. The molecule has 0 spiro atoms. The number of hydrogen-bond donors (Lipinski definition) is 0. The molecule has 3 aromatic rings. The average Bonchev–Trinajstić information content (AvgIpc) is 2.54. The van der Waals surface area contributed by atoms with Gasteiger partial charge in [-0.25, -0.2) is 0 Å². The van der Waals surface area contributed by atoms with Crippen LogP contribution in [0.2, 0.25) is 5.02 Å². The highest BCUT2D eigenvalue weighted by Crippen LogP contribution is 2.35. The number of fused-ring (bicyclic) bond motifs is 3. The molecular weight excluding hydrogens is 224 g/mol. The van der Waals surface area contributed by atoms with Crippen LogP contribution < -0.4 is 0 Å². The van der Waals surface area contributed by atoms with Gasteiger partial charge >= 0.3 is 0 Å². The number of hydrogen-bond acceptors (Lipinski definition) is 1. The zero-order chi connectivity index (χ0) is 10.4. The van der Waals surface area contributed by atoms with Gasteiger partial charge in [-0.2, -0.15) is 0 Å². The van der Waals surface area contributed by atoms with E-state index < -0.39 is 0 Å². The maximum atomic E-state index is 6.01. The fourth-order valence-electron chi connectivity index (χ4n) is 1.86. The van der Waals surface area contributed by atoms with E-state index in [0.717, 1.165) is 5.02 Å². The van der Waals surface area contributed by atoms with E-state index in [1.807, 2.05) is 23.5 Å². The Bertz CT molecular complexity index is 652. The lowest BCUT2D eigenvalue weighted by Gasteiger charge is -1.93. The van der Waals surface area contributed by atoms with Crippen LogP contribution in [-0.4, -0.2) is 0 Å². The Hall–Kier alpha value is -1.05. The van der Waals surface area contributed by atoms with Gasteiger partial charge in [-0.05, 0) is 36.8 Å². The molecule has 0 atom stereocenters. The highest BCUT2D eigenvalue weighted by molar-refractivity contribution is 7.25. The first-order chi connectivity index (χ1) is 7.24. The quantitative estimate of drug-likeness (QED) is 0.511. The van der Waals surface area contributed by atoms with Crippen LogP contribution in [0.25, 0.3) is 20.2 Å². The van der Waals surface area contributed by atoms with Gasteiger partial charge in [0.2, 0.25) is 0 Å². The van der Waals surface area contributed by atoms with Crippen molar-refractivity contribution in [1.82, 2.24) is 0 Å². The molecule has 0 aliphatic heterocycles. The van der Waals surface area contributed by atoms with Crippen molar-refractivity contribution in [3.8, 4) is 0 Å². The zero-order valence-electron chi connectivity index (χ0n) is 8.25. The Balaban J connectivity index is 2.53. The Labute approximate surface area is 97.1 Å². The van der Waals surface area contributed by atoms with Gasteiger partial charge < -0.3 is 0 Å². The van der Waals surface area contributed by atoms with E-state index >= 15 is 0 Å². The molecule has 3 rings (SSSR count). The Kier molecular flexibility index (Phi) is 1.98. The molecule has 0 N–H and O–H groups in total. The molecule has 0 saturated heterocycles. The SMILES string of the molecule is Cc1ccc2c(c1)sc1ccc(Cl)cc12. The fraction of sp³-hybridized carbons (Fsp3) is 0.0769. The van der Waals surface area contributed by atoms with Crippen molar-refractivity contribution in [3.05, 3.63) is 47.0 Å². The van der Waals surface area contributed by atoms with Crippen molar-refractivity contribution in [2.24, 2.45) is 0 Å². The smallest absolute Gasteiger partial charge is 0.0413 e. The van der Waals surface area contributed by atoms with Crippen molar-refractivity contribution in [2.45, 2.75) is 6.92 Å². The minimum Gasteiger partial charge on any atom is -0.135 e. The van der Waals surface area contributed by atoms with Crippen molar-refractivity contribution in [2.75, 3.05) is 0 Å². The first-order valence-electron chi connectivity index (χ1n) is 4.82. The Morgan fingerprint density at radius 2 is 1.80 bits per heavy atom. The summed E-state index contributed by atoms with van der Waals surface area (Å²) in [4.78, 5) is 0. The van der Waals surface area contributed by atoms with Gasteiger partial charge in [0, 0.05) is 25.2 Å². The molecule has 1 heterocycles. The number of aryl methyl sites for hydroxylation is 1. The van der Waals surface area contributed by atoms with E-state index in [9.17, 15) is 0 Å². The molecule has 0 radical (unpaired) electrons. The second-order valence-corrected chi connectivity index (χ2v) is 5.26. The predicted molar refractivity (Wildman–Crippen MR) is 69.1 cm³/mol. The van der Waals surface area contributed by atoms with Gasteiger partial charge in [0.15, 0.2) is 0 Å². The van der Waals surface area contributed by atoms with Gasteiger partial charge in [-0.15, -0.1) is 11.3 Å². The van der Waals surface area contributed by atoms with E-state index in [2.05, 4.69) is 31.2 Å². The van der Waals surface area contributed by atoms with Crippen LogP contribution >= 0.6 is 22.9 Å². The first-order valence-corrected chi connectivity index (χ1v) is 6.02. The third-order valence-electron chi connectivity index (χ3n) is 2.59. The molecule has 0 fully saturated rings. The summed E-state index contributed by atoms with van der Waals surface area (Å²) in [6.45, 7) is 2.12. The largest absolute Gasteiger partial charge is 0.135 e. The van der Waals surface area contributed by atoms with Crippen LogP contribution in [-0.2, 0) is 0 Å². The third kappa shape index (κ3) is 1.43. The molecule has 0 unspecified atom stereocenters. The van der Waals surface area contributed by atoms with Gasteiger partial charge in [0.05, 0.1) is 0 Å². The molecule has 0 bridgehead atoms. The number of rotatable bonds is 0. The number of benzene rings is 2. The van der Waals surface area contributed by atoms with Crippen LogP contribution in [0.3, 0.4) is 0 Å². The van der Waals surface area contributed by atoms with Crippen molar-refractivity contribution >= 4 is 43.1 Å². The summed E-state index contributed by atoms with van der Waals surface area (Å²) in [6, 6.07) is 12.7. The van der Waals surface area contributed by atoms with Gasteiger partial charge in [0.1, 0.15) is 0 Å². The van der Waals surface area contributed by atoms with Gasteiger partial charge in [-0.1, -0.05) is 23.7 Å². The lowest BCUT2D eigenvalue weighted by atomic mass is 10.1. The maximum absolute atomic E-state index is 6.01. The summed E-state index contributed by atoms with van der Waals surface area (Å²) in [5.74, 6) is 0. The lowest BCUT2D eigenvalue weighted by Crippen LogP contribution is -1.69. The van der Waals surface area contributed by atoms with Crippen LogP contribution in [0.1, 0.15) is 5.56 Å². The molecular formula is C13H9ClS. The lowest BCUT2D eigenvalue weighted by molar-refractivity contribution is 1.52. The van der Waals surface area contributed by atoms with E-state index in [0.29, 0.717) is 0 Å². The van der Waals surface area contributed by atoms with Gasteiger partial charge in [0.25, 0.3) is 0 Å². The Morgan fingerprint density at radius 3 is 2.67 bits per heavy atom. The fourth-order valence-corrected chi connectivity index (χ4v) is 3.21. The zero-order valence-corrected chi connectivity index (χ0v) is 9.82. The average molecular weight is 233 g/mol. The molecule has 74 valence electrons. The van der Waals surface area contributed by atoms with Gasteiger partial charge in [-0.3, -0.25) is 0 Å². The molecule has 1 aromatic heterocycles. The van der Waals surface area contributed by atoms with Crippen molar-refractivity contribution < 1.29 is 0 Å². The normalized spacial score (nSPS) is 11.3. The number of thiophene rings is 1. The minimum atomic E-state index is 0.808. The first kappa shape index (κ1) is 9.20.